The second-order valence-corrected chi connectivity index (χ2v) is 10.0. The van der Waals surface area contributed by atoms with Crippen LogP contribution >= 0.6 is 0 Å². The summed E-state index contributed by atoms with van der Waals surface area (Å²) in [7, 11) is -3.90. The highest BCUT2D eigenvalue weighted by atomic mass is 32.2. The van der Waals surface area contributed by atoms with Crippen LogP contribution < -0.4 is 5.32 Å². The highest BCUT2D eigenvalue weighted by molar-refractivity contribution is 7.89. The van der Waals surface area contributed by atoms with E-state index < -0.39 is 15.9 Å². The van der Waals surface area contributed by atoms with Crippen molar-refractivity contribution in [2.75, 3.05) is 18.4 Å². The van der Waals surface area contributed by atoms with Gasteiger partial charge in [-0.2, -0.15) is 4.31 Å². The van der Waals surface area contributed by atoms with Crippen molar-refractivity contribution >= 4 is 33.8 Å². The summed E-state index contributed by atoms with van der Waals surface area (Å²) in [6.45, 7) is 4.04. The number of benzene rings is 1. The van der Waals surface area contributed by atoms with E-state index in [1.807, 2.05) is 31.2 Å². The number of sulfonamides is 1. The fourth-order valence-corrected chi connectivity index (χ4v) is 5.61. The topological polar surface area (TPSA) is 105 Å². The molecule has 4 rings (SSSR count). The maximum absolute atomic E-state index is 13.5. The smallest absolute Gasteiger partial charge is 0.248 e. The van der Waals surface area contributed by atoms with Gasteiger partial charge in [0.05, 0.1) is 17.8 Å². The zero-order chi connectivity index (χ0) is 23.4. The molecule has 0 saturated carbocycles. The van der Waals surface area contributed by atoms with Crippen LogP contribution in [0.3, 0.4) is 0 Å². The van der Waals surface area contributed by atoms with E-state index in [1.165, 1.54) is 4.31 Å². The molecular weight excluding hydrogens is 440 g/mol. The van der Waals surface area contributed by atoms with Gasteiger partial charge in [-0.25, -0.2) is 8.42 Å². The van der Waals surface area contributed by atoms with Gasteiger partial charge in [0.1, 0.15) is 5.69 Å². The lowest BCUT2D eigenvalue weighted by molar-refractivity contribution is -0.120. The Hall–Kier alpha value is -3.30. The summed E-state index contributed by atoms with van der Waals surface area (Å²) in [6.07, 6.45) is 7.79. The highest BCUT2D eigenvalue weighted by Crippen LogP contribution is 2.29. The van der Waals surface area contributed by atoms with Crippen LogP contribution in [0.25, 0.3) is 12.2 Å². The second kappa shape index (κ2) is 9.68. The molecule has 1 aliphatic heterocycles. The summed E-state index contributed by atoms with van der Waals surface area (Å²) < 4.78 is 33.7. The van der Waals surface area contributed by atoms with Crippen molar-refractivity contribution in [3.05, 3.63) is 71.4 Å². The van der Waals surface area contributed by atoms with Gasteiger partial charge in [0.25, 0.3) is 0 Å². The van der Waals surface area contributed by atoms with Crippen molar-refractivity contribution in [1.29, 1.82) is 0 Å². The van der Waals surface area contributed by atoms with Crippen LogP contribution in [0.15, 0.2) is 58.2 Å². The number of anilines is 1. The molecule has 3 heterocycles. The van der Waals surface area contributed by atoms with Crippen LogP contribution in [0.5, 0.6) is 0 Å². The van der Waals surface area contributed by atoms with Crippen LogP contribution in [0.2, 0.25) is 0 Å². The van der Waals surface area contributed by atoms with E-state index in [4.69, 9.17) is 4.52 Å². The number of nitrogens with zero attached hydrogens (tertiary/aromatic N) is 3. The maximum Gasteiger partial charge on any atom is 0.248 e. The molecule has 1 amide bonds. The molecule has 1 saturated heterocycles. The molecule has 0 spiro atoms. The molecule has 0 aliphatic carbocycles. The molecule has 0 radical (unpaired) electrons. The summed E-state index contributed by atoms with van der Waals surface area (Å²) in [6, 6.07) is 11.3. The van der Waals surface area contributed by atoms with Crippen molar-refractivity contribution < 1.29 is 17.7 Å². The van der Waals surface area contributed by atoms with Crippen LogP contribution in [-0.4, -0.2) is 41.9 Å². The van der Waals surface area contributed by atoms with Crippen molar-refractivity contribution in [2.24, 2.45) is 5.92 Å². The van der Waals surface area contributed by atoms with Crippen molar-refractivity contribution in [3.63, 3.8) is 0 Å². The van der Waals surface area contributed by atoms with Crippen molar-refractivity contribution in [2.45, 2.75) is 31.6 Å². The summed E-state index contributed by atoms with van der Waals surface area (Å²) in [4.78, 5) is 16.8. The highest BCUT2D eigenvalue weighted by Gasteiger charge is 2.36. The van der Waals surface area contributed by atoms with Gasteiger partial charge < -0.3 is 9.84 Å². The number of nitrogens with one attached hydrogen (secondary N) is 1. The number of carbonyl (C=O) groups is 1. The Labute approximate surface area is 193 Å². The van der Waals surface area contributed by atoms with Crippen LogP contribution in [-0.2, 0) is 14.8 Å². The number of pyridine rings is 1. The molecule has 1 atom stereocenters. The standard InChI is InChI=1S/C24H26N4O4S/c1-17-7-9-19(10-8-17)11-12-22-23(18(2)27-32-22)33(30,31)28-14-4-5-20(16-28)24(29)26-21-6-3-13-25-15-21/h3,6-13,15,20H,4-5,14,16H2,1-2H3,(H,26,29)/b12-11+. The molecule has 1 N–H and O–H groups in total. The van der Waals surface area contributed by atoms with Gasteiger partial charge in [-0.1, -0.05) is 41.1 Å². The van der Waals surface area contributed by atoms with Crippen molar-refractivity contribution in [1.82, 2.24) is 14.4 Å². The predicted octanol–water partition coefficient (Wildman–Crippen LogP) is 3.90. The second-order valence-electron chi connectivity index (χ2n) is 8.14. The van der Waals surface area contributed by atoms with Crippen LogP contribution in [0, 0.1) is 19.8 Å². The third-order valence-electron chi connectivity index (χ3n) is 5.62. The largest absolute Gasteiger partial charge is 0.355 e. The third kappa shape index (κ3) is 5.20. The molecule has 3 aromatic rings. The molecular formula is C24H26N4O4S. The van der Waals surface area contributed by atoms with E-state index in [1.54, 1.807) is 43.6 Å². The van der Waals surface area contributed by atoms with Gasteiger partial charge in [-0.3, -0.25) is 9.78 Å². The number of amides is 1. The Morgan fingerprint density at radius 3 is 2.70 bits per heavy atom. The molecule has 1 unspecified atom stereocenters. The summed E-state index contributed by atoms with van der Waals surface area (Å²) in [5.74, 6) is -0.500. The Morgan fingerprint density at radius 2 is 1.97 bits per heavy atom. The molecule has 2 aromatic heterocycles. The first kappa shape index (κ1) is 22.9. The Morgan fingerprint density at radius 1 is 1.18 bits per heavy atom. The van der Waals surface area contributed by atoms with E-state index in [9.17, 15) is 13.2 Å². The summed E-state index contributed by atoms with van der Waals surface area (Å²) in [5, 5.41) is 6.71. The lowest BCUT2D eigenvalue weighted by atomic mass is 9.99. The van der Waals surface area contributed by atoms with Gasteiger partial charge in [0.2, 0.25) is 15.9 Å². The minimum Gasteiger partial charge on any atom is -0.355 e. The van der Waals surface area contributed by atoms with Gasteiger partial charge in [-0.15, -0.1) is 0 Å². The molecule has 172 valence electrons. The molecule has 1 fully saturated rings. The molecule has 8 nitrogen and oxygen atoms in total. The lowest BCUT2D eigenvalue weighted by Crippen LogP contribution is -2.43. The minimum absolute atomic E-state index is 0.0409. The number of hydrogen-bond acceptors (Lipinski definition) is 6. The van der Waals surface area contributed by atoms with E-state index in [0.29, 0.717) is 30.8 Å². The van der Waals surface area contributed by atoms with E-state index >= 15 is 0 Å². The van der Waals surface area contributed by atoms with E-state index in [0.717, 1.165) is 11.1 Å². The van der Waals surface area contributed by atoms with Crippen LogP contribution in [0.1, 0.15) is 35.4 Å². The Bertz CT molecular complexity index is 1250. The lowest BCUT2D eigenvalue weighted by Gasteiger charge is -2.31. The number of piperidine rings is 1. The van der Waals surface area contributed by atoms with Gasteiger partial charge in [-0.05, 0) is 50.5 Å². The first-order chi connectivity index (χ1) is 15.8. The normalized spacial score (nSPS) is 17.3. The Balaban J connectivity index is 1.53. The third-order valence-corrected chi connectivity index (χ3v) is 7.64. The maximum atomic E-state index is 13.5. The predicted molar refractivity (Wildman–Crippen MR) is 126 cm³/mol. The van der Waals surface area contributed by atoms with E-state index in [-0.39, 0.29) is 23.1 Å². The van der Waals surface area contributed by atoms with Gasteiger partial charge in [0, 0.05) is 19.3 Å². The van der Waals surface area contributed by atoms with E-state index in [2.05, 4.69) is 15.5 Å². The Kier molecular flexibility index (Phi) is 6.71. The molecule has 1 aliphatic rings. The minimum atomic E-state index is -3.90. The summed E-state index contributed by atoms with van der Waals surface area (Å²) >= 11 is 0. The fourth-order valence-electron chi connectivity index (χ4n) is 3.83. The first-order valence-corrected chi connectivity index (χ1v) is 12.2. The molecule has 1 aromatic carbocycles. The van der Waals surface area contributed by atoms with Gasteiger partial charge in [0.15, 0.2) is 10.7 Å². The number of carbonyl (C=O) groups excluding carboxylic acids is 1. The molecule has 9 heteroatoms. The molecule has 0 bridgehead atoms. The summed E-state index contributed by atoms with van der Waals surface area (Å²) in [5.41, 5.74) is 2.93. The number of rotatable bonds is 6. The number of aryl methyl sites for hydroxylation is 2. The number of aromatic nitrogens is 2. The first-order valence-electron chi connectivity index (χ1n) is 10.8. The fraction of sp³-hybridized carbons (Fsp3) is 0.292. The average Bonchev–Trinajstić information content (AvgIpc) is 3.20. The monoisotopic (exact) mass is 466 g/mol. The zero-order valence-corrected chi connectivity index (χ0v) is 19.4. The van der Waals surface area contributed by atoms with Gasteiger partial charge >= 0.3 is 0 Å². The molecule has 33 heavy (non-hydrogen) atoms. The SMILES string of the molecule is Cc1ccc(/C=C/c2onc(C)c2S(=O)(=O)N2CCCC(C(=O)Nc3cccnc3)C2)cc1. The zero-order valence-electron chi connectivity index (χ0n) is 18.6. The van der Waals surface area contributed by atoms with Crippen molar-refractivity contribution in [3.8, 4) is 0 Å². The van der Waals surface area contributed by atoms with Crippen LogP contribution in [0.4, 0.5) is 5.69 Å². The quantitative estimate of drug-likeness (QED) is 0.591. The average molecular weight is 467 g/mol. The number of hydrogen-bond donors (Lipinski definition) is 1.